The Morgan fingerprint density at radius 3 is 2.59 bits per heavy atom. The van der Waals surface area contributed by atoms with Gasteiger partial charge in [-0.1, -0.05) is 19.0 Å². The van der Waals surface area contributed by atoms with Crippen LogP contribution in [0.1, 0.15) is 36.5 Å². The van der Waals surface area contributed by atoms with Crippen LogP contribution in [-0.4, -0.2) is 27.6 Å². The predicted molar refractivity (Wildman–Crippen MR) is 100 cm³/mol. The Balaban J connectivity index is 1.51. The summed E-state index contributed by atoms with van der Waals surface area (Å²) in [5, 5.41) is 6.68. The maximum absolute atomic E-state index is 12.3. The molecule has 0 aliphatic rings. The van der Waals surface area contributed by atoms with Crippen molar-refractivity contribution in [2.75, 3.05) is 6.61 Å². The van der Waals surface area contributed by atoms with E-state index < -0.39 is 0 Å². The first-order valence-corrected chi connectivity index (χ1v) is 8.86. The Morgan fingerprint density at radius 1 is 1.15 bits per heavy atom. The monoisotopic (exact) mass is 366 g/mol. The minimum atomic E-state index is -0.215. The van der Waals surface area contributed by atoms with E-state index in [1.165, 1.54) is 0 Å². The molecule has 0 unspecified atom stereocenters. The summed E-state index contributed by atoms with van der Waals surface area (Å²) in [7, 11) is 0. The van der Waals surface area contributed by atoms with Crippen LogP contribution in [0.2, 0.25) is 0 Å². The number of pyridine rings is 1. The highest BCUT2D eigenvalue weighted by molar-refractivity contribution is 5.94. The maximum Gasteiger partial charge on any atom is 0.251 e. The largest absolute Gasteiger partial charge is 0.494 e. The lowest BCUT2D eigenvalue weighted by atomic mass is 10.1. The molecule has 0 saturated heterocycles. The van der Waals surface area contributed by atoms with E-state index in [1.54, 1.807) is 48.8 Å². The van der Waals surface area contributed by atoms with Crippen molar-refractivity contribution in [3.63, 3.8) is 0 Å². The molecule has 140 valence electrons. The number of carbonyl (C=O) groups is 1. The van der Waals surface area contributed by atoms with Gasteiger partial charge in [-0.05, 0) is 48.7 Å². The first-order valence-electron chi connectivity index (χ1n) is 8.86. The molecule has 0 fully saturated rings. The van der Waals surface area contributed by atoms with Gasteiger partial charge in [-0.15, -0.1) is 0 Å². The van der Waals surface area contributed by atoms with Gasteiger partial charge in [0.15, 0.2) is 0 Å². The quantitative estimate of drug-likeness (QED) is 0.656. The third kappa shape index (κ3) is 5.37. The van der Waals surface area contributed by atoms with Crippen molar-refractivity contribution >= 4 is 5.91 Å². The fourth-order valence-electron chi connectivity index (χ4n) is 2.32. The highest BCUT2D eigenvalue weighted by atomic mass is 16.5. The van der Waals surface area contributed by atoms with Crippen molar-refractivity contribution in [1.82, 2.24) is 20.4 Å². The van der Waals surface area contributed by atoms with Gasteiger partial charge < -0.3 is 14.6 Å². The molecule has 0 atom stereocenters. The average molecular weight is 366 g/mol. The molecular formula is C20H22N4O3. The zero-order chi connectivity index (χ0) is 19.1. The Labute approximate surface area is 157 Å². The lowest BCUT2D eigenvalue weighted by molar-refractivity contribution is 0.0946. The van der Waals surface area contributed by atoms with E-state index in [2.05, 4.69) is 34.3 Å². The second-order valence-corrected chi connectivity index (χ2v) is 6.49. The molecule has 2 aromatic heterocycles. The molecule has 0 saturated carbocycles. The van der Waals surface area contributed by atoms with Crippen LogP contribution in [0.4, 0.5) is 0 Å². The fourth-order valence-corrected chi connectivity index (χ4v) is 2.32. The lowest BCUT2D eigenvalue weighted by Gasteiger charge is -2.08. The number of benzene rings is 1. The van der Waals surface area contributed by atoms with E-state index in [1.807, 2.05) is 0 Å². The zero-order valence-corrected chi connectivity index (χ0v) is 15.4. The third-order valence-corrected chi connectivity index (χ3v) is 3.89. The molecule has 0 spiro atoms. The van der Waals surface area contributed by atoms with Gasteiger partial charge >= 0.3 is 0 Å². The van der Waals surface area contributed by atoms with Crippen LogP contribution in [-0.2, 0) is 6.54 Å². The topological polar surface area (TPSA) is 90.1 Å². The van der Waals surface area contributed by atoms with Crippen LogP contribution in [0, 0.1) is 5.92 Å². The number of hydrogen-bond acceptors (Lipinski definition) is 6. The molecule has 0 aliphatic heterocycles. The minimum Gasteiger partial charge on any atom is -0.494 e. The van der Waals surface area contributed by atoms with Gasteiger partial charge in [-0.3, -0.25) is 9.78 Å². The number of nitrogens with one attached hydrogen (secondary N) is 1. The van der Waals surface area contributed by atoms with E-state index >= 15 is 0 Å². The molecule has 1 aromatic carbocycles. The summed E-state index contributed by atoms with van der Waals surface area (Å²) in [5.74, 6) is 1.94. The van der Waals surface area contributed by atoms with Crippen molar-refractivity contribution < 1.29 is 14.1 Å². The van der Waals surface area contributed by atoms with Gasteiger partial charge in [0.05, 0.1) is 13.2 Å². The second-order valence-electron chi connectivity index (χ2n) is 6.49. The van der Waals surface area contributed by atoms with Gasteiger partial charge in [0.25, 0.3) is 5.91 Å². The summed E-state index contributed by atoms with van der Waals surface area (Å²) in [6.07, 6.45) is 4.31. The van der Waals surface area contributed by atoms with Crippen molar-refractivity contribution in [3.8, 4) is 17.1 Å². The number of ether oxygens (including phenoxy) is 1. The molecule has 3 aromatic rings. The van der Waals surface area contributed by atoms with Crippen LogP contribution < -0.4 is 10.1 Å². The Kier molecular flexibility index (Phi) is 6.14. The first-order chi connectivity index (χ1) is 13.1. The fraction of sp³-hybridized carbons (Fsp3) is 0.300. The molecule has 7 nitrogen and oxygen atoms in total. The first kappa shape index (κ1) is 18.6. The predicted octanol–water partition coefficient (Wildman–Crippen LogP) is 3.49. The summed E-state index contributed by atoms with van der Waals surface area (Å²) < 4.78 is 10.8. The van der Waals surface area contributed by atoms with E-state index in [4.69, 9.17) is 9.26 Å². The van der Waals surface area contributed by atoms with E-state index in [-0.39, 0.29) is 12.5 Å². The molecule has 3 rings (SSSR count). The SMILES string of the molecule is CC(C)CCOc1ccc(C(=O)NCc2nc(-c3ccncc3)no2)cc1. The van der Waals surface area contributed by atoms with Crippen molar-refractivity contribution in [1.29, 1.82) is 0 Å². The van der Waals surface area contributed by atoms with Gasteiger partial charge in [0.2, 0.25) is 11.7 Å². The van der Waals surface area contributed by atoms with Crippen LogP contribution in [0.3, 0.4) is 0 Å². The Morgan fingerprint density at radius 2 is 1.89 bits per heavy atom. The zero-order valence-electron chi connectivity index (χ0n) is 15.4. The summed E-state index contributed by atoms with van der Waals surface area (Å²) >= 11 is 0. The van der Waals surface area contributed by atoms with Crippen LogP contribution in [0.25, 0.3) is 11.4 Å². The number of amides is 1. The van der Waals surface area contributed by atoms with Gasteiger partial charge in [-0.2, -0.15) is 4.98 Å². The number of nitrogens with zero attached hydrogens (tertiary/aromatic N) is 3. The molecule has 0 aliphatic carbocycles. The summed E-state index contributed by atoms with van der Waals surface area (Å²) in [6, 6.07) is 10.6. The Hall–Kier alpha value is -3.22. The summed E-state index contributed by atoms with van der Waals surface area (Å²) in [5.41, 5.74) is 1.35. The molecule has 27 heavy (non-hydrogen) atoms. The molecule has 1 N–H and O–H groups in total. The standard InChI is InChI=1S/C20H22N4O3/c1-14(2)9-12-26-17-5-3-16(4-6-17)20(25)22-13-18-23-19(24-27-18)15-7-10-21-11-8-15/h3-8,10-11,14H,9,12-13H2,1-2H3,(H,22,25). The summed E-state index contributed by atoms with van der Waals surface area (Å²) in [6.45, 7) is 5.13. The van der Waals surface area contributed by atoms with E-state index in [0.29, 0.717) is 29.8 Å². The van der Waals surface area contributed by atoms with E-state index in [0.717, 1.165) is 17.7 Å². The van der Waals surface area contributed by atoms with E-state index in [9.17, 15) is 4.79 Å². The smallest absolute Gasteiger partial charge is 0.251 e. The summed E-state index contributed by atoms with van der Waals surface area (Å²) in [4.78, 5) is 20.5. The molecular weight excluding hydrogens is 344 g/mol. The Bertz CT molecular complexity index is 860. The van der Waals surface area contributed by atoms with Crippen molar-refractivity contribution in [2.24, 2.45) is 5.92 Å². The lowest BCUT2D eigenvalue weighted by Crippen LogP contribution is -2.22. The highest BCUT2D eigenvalue weighted by Crippen LogP contribution is 2.15. The average Bonchev–Trinajstić information content (AvgIpc) is 3.16. The molecule has 2 heterocycles. The number of hydrogen-bond donors (Lipinski definition) is 1. The van der Waals surface area contributed by atoms with Crippen molar-refractivity contribution in [2.45, 2.75) is 26.8 Å². The number of aromatic nitrogens is 3. The maximum atomic E-state index is 12.3. The van der Waals surface area contributed by atoms with Gasteiger partial charge in [-0.25, -0.2) is 0 Å². The third-order valence-electron chi connectivity index (χ3n) is 3.89. The van der Waals surface area contributed by atoms with Gasteiger partial charge in [0, 0.05) is 23.5 Å². The highest BCUT2D eigenvalue weighted by Gasteiger charge is 2.11. The van der Waals surface area contributed by atoms with Crippen LogP contribution >= 0.6 is 0 Å². The normalized spacial score (nSPS) is 10.8. The number of rotatable bonds is 8. The van der Waals surface area contributed by atoms with Crippen LogP contribution in [0.15, 0.2) is 53.3 Å². The molecule has 0 radical (unpaired) electrons. The minimum absolute atomic E-state index is 0.156. The molecule has 1 amide bonds. The van der Waals surface area contributed by atoms with Gasteiger partial charge in [0.1, 0.15) is 5.75 Å². The second kappa shape index (κ2) is 8.93. The van der Waals surface area contributed by atoms with Crippen molar-refractivity contribution in [3.05, 3.63) is 60.2 Å². The number of carbonyl (C=O) groups excluding carboxylic acids is 1. The molecule has 7 heteroatoms. The van der Waals surface area contributed by atoms with Crippen LogP contribution in [0.5, 0.6) is 5.75 Å². The molecule has 0 bridgehead atoms.